The summed E-state index contributed by atoms with van der Waals surface area (Å²) in [5, 5.41) is 0. The Kier molecular flexibility index (Phi) is 2.31. The monoisotopic (exact) mass is 282 g/mol. The summed E-state index contributed by atoms with van der Waals surface area (Å²) in [4.78, 5) is 4.70. The second-order valence-corrected chi connectivity index (χ2v) is 7.90. The van der Waals surface area contributed by atoms with E-state index in [9.17, 15) is 0 Å². The van der Waals surface area contributed by atoms with Crippen molar-refractivity contribution in [2.24, 2.45) is 23.2 Å². The summed E-state index contributed by atoms with van der Waals surface area (Å²) in [7, 11) is 0. The molecule has 1 aromatic carbocycles. The van der Waals surface area contributed by atoms with Crippen LogP contribution >= 0.6 is 0 Å². The topological polar surface area (TPSA) is 52.0 Å². The lowest BCUT2D eigenvalue weighted by Crippen LogP contribution is -2.47. The van der Waals surface area contributed by atoms with Gasteiger partial charge in [-0.15, -0.1) is 0 Å². The Morgan fingerprint density at radius 1 is 1.10 bits per heavy atom. The molecule has 0 saturated heterocycles. The van der Waals surface area contributed by atoms with Gasteiger partial charge in [-0.25, -0.2) is 4.98 Å². The number of aromatic nitrogens is 1. The molecule has 4 fully saturated rings. The predicted molar refractivity (Wildman–Crippen MR) is 82.7 cm³/mol. The minimum absolute atomic E-state index is 0.477. The molecule has 1 aromatic heterocycles. The lowest BCUT2D eigenvalue weighted by Gasteiger charge is -2.56. The molecular formula is C18H22N2O. The molecule has 0 aliphatic heterocycles. The SMILES string of the molecule is Nc1cccc2oc(CC34CC5CC(CC(C5)C3)C4)nc12. The lowest BCUT2D eigenvalue weighted by atomic mass is 9.49. The van der Waals surface area contributed by atoms with Gasteiger partial charge < -0.3 is 10.2 Å². The molecule has 4 bridgehead atoms. The Balaban J connectivity index is 1.49. The van der Waals surface area contributed by atoms with Crippen molar-refractivity contribution >= 4 is 16.8 Å². The van der Waals surface area contributed by atoms with Crippen LogP contribution in [-0.2, 0) is 6.42 Å². The summed E-state index contributed by atoms with van der Waals surface area (Å²) in [6.45, 7) is 0. The maximum absolute atomic E-state index is 6.01. The minimum Gasteiger partial charge on any atom is -0.441 e. The third kappa shape index (κ3) is 1.82. The fraction of sp³-hybridized carbons (Fsp3) is 0.611. The van der Waals surface area contributed by atoms with Gasteiger partial charge in [0.2, 0.25) is 0 Å². The highest BCUT2D eigenvalue weighted by atomic mass is 16.3. The normalized spacial score (nSPS) is 37.4. The van der Waals surface area contributed by atoms with Crippen molar-refractivity contribution in [3.05, 3.63) is 24.1 Å². The summed E-state index contributed by atoms with van der Waals surface area (Å²) in [6.07, 6.45) is 9.66. The highest BCUT2D eigenvalue weighted by Gasteiger charge is 2.51. The first-order valence-corrected chi connectivity index (χ1v) is 8.33. The molecule has 0 radical (unpaired) electrons. The van der Waals surface area contributed by atoms with Gasteiger partial charge in [0.25, 0.3) is 0 Å². The zero-order chi connectivity index (χ0) is 14.0. The van der Waals surface area contributed by atoms with E-state index in [4.69, 9.17) is 15.1 Å². The summed E-state index contributed by atoms with van der Waals surface area (Å²) in [6, 6.07) is 5.82. The smallest absolute Gasteiger partial charge is 0.196 e. The van der Waals surface area contributed by atoms with E-state index < -0.39 is 0 Å². The number of oxazole rings is 1. The second kappa shape index (κ2) is 4.02. The Morgan fingerprint density at radius 2 is 1.76 bits per heavy atom. The Labute approximate surface area is 124 Å². The molecule has 1 heterocycles. The Bertz CT molecular complexity index is 667. The highest BCUT2D eigenvalue weighted by molar-refractivity contribution is 5.85. The molecule has 3 nitrogen and oxygen atoms in total. The lowest BCUT2D eigenvalue weighted by molar-refractivity contribution is -0.0549. The van der Waals surface area contributed by atoms with E-state index in [2.05, 4.69) is 0 Å². The molecule has 21 heavy (non-hydrogen) atoms. The zero-order valence-corrected chi connectivity index (χ0v) is 12.3. The maximum Gasteiger partial charge on any atom is 0.196 e. The summed E-state index contributed by atoms with van der Waals surface area (Å²) in [5.74, 6) is 3.84. The van der Waals surface area contributed by atoms with Crippen LogP contribution in [0.4, 0.5) is 5.69 Å². The summed E-state index contributed by atoms with van der Waals surface area (Å²) < 4.78 is 6.00. The van der Waals surface area contributed by atoms with Crippen molar-refractivity contribution in [2.75, 3.05) is 5.73 Å². The van der Waals surface area contributed by atoms with Gasteiger partial charge in [0, 0.05) is 6.42 Å². The number of benzene rings is 1. The molecule has 4 saturated carbocycles. The van der Waals surface area contributed by atoms with Crippen molar-refractivity contribution in [3.8, 4) is 0 Å². The maximum atomic E-state index is 6.01. The van der Waals surface area contributed by atoms with E-state index in [0.29, 0.717) is 5.41 Å². The molecule has 3 heteroatoms. The average molecular weight is 282 g/mol. The number of nitrogen functional groups attached to an aromatic ring is 1. The fourth-order valence-electron chi connectivity index (χ4n) is 5.92. The van der Waals surface area contributed by atoms with E-state index in [1.807, 2.05) is 18.2 Å². The van der Waals surface area contributed by atoms with Crippen molar-refractivity contribution < 1.29 is 4.42 Å². The van der Waals surface area contributed by atoms with Crippen molar-refractivity contribution in [3.63, 3.8) is 0 Å². The first-order chi connectivity index (χ1) is 10.2. The molecule has 2 N–H and O–H groups in total. The van der Waals surface area contributed by atoms with Gasteiger partial charge in [0.1, 0.15) is 5.52 Å². The van der Waals surface area contributed by atoms with Crippen LogP contribution in [-0.4, -0.2) is 4.98 Å². The van der Waals surface area contributed by atoms with E-state index in [-0.39, 0.29) is 0 Å². The van der Waals surface area contributed by atoms with Crippen LogP contribution in [0.1, 0.15) is 44.4 Å². The van der Waals surface area contributed by atoms with Gasteiger partial charge in [-0.1, -0.05) is 6.07 Å². The van der Waals surface area contributed by atoms with Crippen LogP contribution in [0.3, 0.4) is 0 Å². The molecule has 0 atom stereocenters. The average Bonchev–Trinajstić information content (AvgIpc) is 2.80. The van der Waals surface area contributed by atoms with E-state index in [1.165, 1.54) is 38.5 Å². The Morgan fingerprint density at radius 3 is 2.38 bits per heavy atom. The third-order valence-corrected chi connectivity index (χ3v) is 6.19. The number of nitrogens with two attached hydrogens (primary N) is 1. The number of anilines is 1. The summed E-state index contributed by atoms with van der Waals surface area (Å²) >= 11 is 0. The minimum atomic E-state index is 0.477. The number of hydrogen-bond donors (Lipinski definition) is 1. The van der Waals surface area contributed by atoms with Crippen LogP contribution in [0.25, 0.3) is 11.1 Å². The molecule has 0 spiro atoms. The highest BCUT2D eigenvalue weighted by Crippen LogP contribution is 2.61. The first kappa shape index (κ1) is 12.1. The van der Waals surface area contributed by atoms with Gasteiger partial charge in [-0.05, 0) is 73.8 Å². The first-order valence-electron chi connectivity index (χ1n) is 8.33. The van der Waals surface area contributed by atoms with E-state index >= 15 is 0 Å². The molecule has 2 aromatic rings. The molecular weight excluding hydrogens is 260 g/mol. The van der Waals surface area contributed by atoms with Gasteiger partial charge in [-0.2, -0.15) is 0 Å². The van der Waals surface area contributed by atoms with Crippen LogP contribution in [0.5, 0.6) is 0 Å². The zero-order valence-electron chi connectivity index (χ0n) is 12.3. The van der Waals surface area contributed by atoms with Crippen LogP contribution in [0.15, 0.2) is 22.6 Å². The van der Waals surface area contributed by atoms with Crippen LogP contribution < -0.4 is 5.73 Å². The Hall–Kier alpha value is -1.51. The van der Waals surface area contributed by atoms with Gasteiger partial charge in [0.15, 0.2) is 11.5 Å². The number of para-hydroxylation sites is 1. The molecule has 4 aliphatic carbocycles. The quantitative estimate of drug-likeness (QED) is 0.841. The molecule has 6 rings (SSSR count). The number of rotatable bonds is 2. The van der Waals surface area contributed by atoms with Crippen molar-refractivity contribution in [1.29, 1.82) is 0 Å². The number of nitrogens with zero attached hydrogens (tertiary/aromatic N) is 1. The standard InChI is InChI=1S/C18H22N2O/c19-14-2-1-3-15-17(14)20-16(21-15)10-18-7-11-4-12(8-18)6-13(5-11)9-18/h1-3,11-13H,4-10,19H2. The molecule has 110 valence electrons. The van der Waals surface area contributed by atoms with E-state index in [0.717, 1.165) is 46.9 Å². The van der Waals surface area contributed by atoms with Gasteiger partial charge in [0.05, 0.1) is 5.69 Å². The largest absolute Gasteiger partial charge is 0.441 e. The van der Waals surface area contributed by atoms with Gasteiger partial charge >= 0.3 is 0 Å². The summed E-state index contributed by atoms with van der Waals surface area (Å²) in [5.41, 5.74) is 8.90. The van der Waals surface area contributed by atoms with Crippen LogP contribution in [0.2, 0.25) is 0 Å². The van der Waals surface area contributed by atoms with Crippen LogP contribution in [0, 0.1) is 23.2 Å². The second-order valence-electron chi connectivity index (χ2n) is 7.90. The molecule has 4 aliphatic rings. The molecule has 0 amide bonds. The predicted octanol–water partition coefficient (Wildman–Crippen LogP) is 4.17. The fourth-order valence-corrected chi connectivity index (χ4v) is 5.92. The van der Waals surface area contributed by atoms with Gasteiger partial charge in [-0.3, -0.25) is 0 Å². The third-order valence-electron chi connectivity index (χ3n) is 6.19. The number of hydrogen-bond acceptors (Lipinski definition) is 3. The number of fused-ring (bicyclic) bond motifs is 1. The van der Waals surface area contributed by atoms with E-state index in [1.54, 1.807) is 0 Å². The van der Waals surface area contributed by atoms with Crippen molar-refractivity contribution in [1.82, 2.24) is 4.98 Å². The molecule has 0 unspecified atom stereocenters. The van der Waals surface area contributed by atoms with Crippen molar-refractivity contribution in [2.45, 2.75) is 44.9 Å².